The lowest BCUT2D eigenvalue weighted by Crippen LogP contribution is -2.11. The van der Waals surface area contributed by atoms with Crippen LogP contribution in [0.2, 0.25) is 0 Å². The van der Waals surface area contributed by atoms with Crippen molar-refractivity contribution in [2.45, 2.75) is 59.9 Å². The Morgan fingerprint density at radius 2 is 1.82 bits per heavy atom. The SMILES string of the molecule is COc1c(C)cnc(Cn2nc(C(C)C)cc2C(C)C)c1C. The summed E-state index contributed by atoms with van der Waals surface area (Å²) in [6.07, 6.45) is 1.88. The number of hydrogen-bond acceptors (Lipinski definition) is 3. The summed E-state index contributed by atoms with van der Waals surface area (Å²) in [5.41, 5.74) is 5.57. The highest BCUT2D eigenvalue weighted by Crippen LogP contribution is 2.26. The normalized spacial score (nSPS) is 11.5. The Balaban J connectivity index is 2.43. The number of hydrogen-bond donors (Lipinski definition) is 0. The third-order valence-electron chi connectivity index (χ3n) is 4.06. The fourth-order valence-corrected chi connectivity index (χ4v) is 2.70. The minimum Gasteiger partial charge on any atom is -0.496 e. The summed E-state index contributed by atoms with van der Waals surface area (Å²) in [5.74, 6) is 1.79. The van der Waals surface area contributed by atoms with E-state index in [-0.39, 0.29) is 0 Å². The van der Waals surface area contributed by atoms with Gasteiger partial charge < -0.3 is 4.74 Å². The van der Waals surface area contributed by atoms with Crippen molar-refractivity contribution in [1.29, 1.82) is 0 Å². The third kappa shape index (κ3) is 3.16. The summed E-state index contributed by atoms with van der Waals surface area (Å²) in [7, 11) is 1.71. The molecule has 2 rings (SSSR count). The van der Waals surface area contributed by atoms with Crippen molar-refractivity contribution in [3.63, 3.8) is 0 Å². The molecule has 120 valence electrons. The second-order valence-electron chi connectivity index (χ2n) is 6.51. The summed E-state index contributed by atoms with van der Waals surface area (Å²) in [6, 6.07) is 2.22. The van der Waals surface area contributed by atoms with E-state index in [4.69, 9.17) is 9.84 Å². The van der Waals surface area contributed by atoms with Crippen LogP contribution in [0.5, 0.6) is 5.75 Å². The molecule has 0 radical (unpaired) electrons. The topological polar surface area (TPSA) is 39.9 Å². The quantitative estimate of drug-likeness (QED) is 0.831. The molecule has 0 fully saturated rings. The average Bonchev–Trinajstić information content (AvgIpc) is 2.87. The van der Waals surface area contributed by atoms with Gasteiger partial charge in [0.25, 0.3) is 0 Å². The smallest absolute Gasteiger partial charge is 0.128 e. The maximum atomic E-state index is 5.51. The Kier molecular flexibility index (Phi) is 4.89. The van der Waals surface area contributed by atoms with E-state index in [0.29, 0.717) is 18.4 Å². The highest BCUT2D eigenvalue weighted by atomic mass is 16.5. The first-order valence-electron chi connectivity index (χ1n) is 7.91. The van der Waals surface area contributed by atoms with Gasteiger partial charge in [0, 0.05) is 23.0 Å². The maximum Gasteiger partial charge on any atom is 0.128 e. The van der Waals surface area contributed by atoms with E-state index in [9.17, 15) is 0 Å². The van der Waals surface area contributed by atoms with Crippen molar-refractivity contribution in [3.8, 4) is 5.75 Å². The first-order valence-corrected chi connectivity index (χ1v) is 7.91. The van der Waals surface area contributed by atoms with Crippen LogP contribution >= 0.6 is 0 Å². The zero-order valence-electron chi connectivity index (χ0n) is 14.8. The molecule has 2 aromatic heterocycles. The molecule has 0 saturated carbocycles. The molecule has 0 spiro atoms. The van der Waals surface area contributed by atoms with E-state index in [1.165, 1.54) is 5.69 Å². The Labute approximate surface area is 133 Å². The van der Waals surface area contributed by atoms with Gasteiger partial charge in [-0.25, -0.2) is 0 Å². The standard InChI is InChI=1S/C18H27N3O/c1-11(2)15-8-17(12(3)4)21(20-15)10-16-14(6)18(22-7)13(5)9-19-16/h8-9,11-12H,10H2,1-7H3. The van der Waals surface area contributed by atoms with Crippen LogP contribution in [-0.4, -0.2) is 21.9 Å². The van der Waals surface area contributed by atoms with Crippen LogP contribution in [0.1, 0.15) is 67.7 Å². The van der Waals surface area contributed by atoms with E-state index in [0.717, 1.165) is 28.3 Å². The molecule has 0 atom stereocenters. The summed E-state index contributed by atoms with van der Waals surface area (Å²) in [5, 5.41) is 4.78. The number of pyridine rings is 1. The molecule has 0 aliphatic carbocycles. The lowest BCUT2D eigenvalue weighted by molar-refractivity contribution is 0.406. The molecule has 0 amide bonds. The molecule has 22 heavy (non-hydrogen) atoms. The Bertz CT molecular complexity index is 657. The average molecular weight is 301 g/mol. The Morgan fingerprint density at radius 1 is 1.14 bits per heavy atom. The fourth-order valence-electron chi connectivity index (χ4n) is 2.70. The third-order valence-corrected chi connectivity index (χ3v) is 4.06. The number of rotatable bonds is 5. The van der Waals surface area contributed by atoms with Gasteiger partial charge in [-0.1, -0.05) is 27.7 Å². The van der Waals surface area contributed by atoms with Gasteiger partial charge in [-0.3, -0.25) is 9.67 Å². The maximum absolute atomic E-state index is 5.51. The minimum atomic E-state index is 0.431. The summed E-state index contributed by atoms with van der Waals surface area (Å²) in [6.45, 7) is 13.5. The van der Waals surface area contributed by atoms with Crippen molar-refractivity contribution in [2.24, 2.45) is 0 Å². The van der Waals surface area contributed by atoms with Crippen LogP contribution in [0, 0.1) is 13.8 Å². The van der Waals surface area contributed by atoms with Crippen molar-refractivity contribution in [1.82, 2.24) is 14.8 Å². The number of aryl methyl sites for hydroxylation is 1. The summed E-state index contributed by atoms with van der Waals surface area (Å²) < 4.78 is 7.59. The highest BCUT2D eigenvalue weighted by Gasteiger charge is 2.16. The van der Waals surface area contributed by atoms with Crippen LogP contribution in [0.4, 0.5) is 0 Å². The molecular weight excluding hydrogens is 274 g/mol. The Morgan fingerprint density at radius 3 is 2.36 bits per heavy atom. The number of nitrogens with zero attached hydrogens (tertiary/aromatic N) is 3. The fraction of sp³-hybridized carbons (Fsp3) is 0.556. The predicted molar refractivity (Wildman–Crippen MR) is 89.8 cm³/mol. The first kappa shape index (κ1) is 16.5. The largest absolute Gasteiger partial charge is 0.496 e. The van der Waals surface area contributed by atoms with Crippen molar-refractivity contribution < 1.29 is 4.74 Å². The van der Waals surface area contributed by atoms with Crippen LogP contribution in [0.25, 0.3) is 0 Å². The van der Waals surface area contributed by atoms with Gasteiger partial charge in [-0.15, -0.1) is 0 Å². The minimum absolute atomic E-state index is 0.431. The van der Waals surface area contributed by atoms with Crippen LogP contribution in [0.3, 0.4) is 0 Å². The molecule has 0 N–H and O–H groups in total. The van der Waals surface area contributed by atoms with Crippen LogP contribution in [-0.2, 0) is 6.54 Å². The first-order chi connectivity index (χ1) is 10.3. The van der Waals surface area contributed by atoms with Gasteiger partial charge >= 0.3 is 0 Å². The van der Waals surface area contributed by atoms with Crippen LogP contribution < -0.4 is 4.74 Å². The van der Waals surface area contributed by atoms with Gasteiger partial charge in [0.05, 0.1) is 25.0 Å². The molecule has 0 bridgehead atoms. The van der Waals surface area contributed by atoms with Crippen LogP contribution in [0.15, 0.2) is 12.3 Å². The monoisotopic (exact) mass is 301 g/mol. The van der Waals surface area contributed by atoms with Crippen molar-refractivity contribution in [2.75, 3.05) is 7.11 Å². The zero-order valence-corrected chi connectivity index (χ0v) is 14.8. The van der Waals surface area contributed by atoms with Gasteiger partial charge in [0.2, 0.25) is 0 Å². The second kappa shape index (κ2) is 6.51. The molecule has 0 aromatic carbocycles. The molecule has 0 unspecified atom stereocenters. The molecule has 0 saturated heterocycles. The molecule has 0 aliphatic rings. The van der Waals surface area contributed by atoms with E-state index in [1.807, 2.05) is 13.1 Å². The number of methoxy groups -OCH3 is 1. The number of ether oxygens (including phenoxy) is 1. The highest BCUT2D eigenvalue weighted by molar-refractivity contribution is 5.41. The molecule has 2 heterocycles. The zero-order chi connectivity index (χ0) is 16.4. The predicted octanol–water partition coefficient (Wildman–Crippen LogP) is 4.20. The second-order valence-corrected chi connectivity index (χ2v) is 6.51. The molecule has 2 aromatic rings. The van der Waals surface area contributed by atoms with Gasteiger partial charge in [0.1, 0.15) is 5.75 Å². The van der Waals surface area contributed by atoms with E-state index in [1.54, 1.807) is 7.11 Å². The van der Waals surface area contributed by atoms with E-state index >= 15 is 0 Å². The van der Waals surface area contributed by atoms with Crippen molar-refractivity contribution >= 4 is 0 Å². The lowest BCUT2D eigenvalue weighted by atomic mass is 10.1. The molecule has 4 heteroatoms. The Hall–Kier alpha value is -1.84. The lowest BCUT2D eigenvalue weighted by Gasteiger charge is -2.14. The summed E-state index contributed by atoms with van der Waals surface area (Å²) in [4.78, 5) is 4.60. The molecular formula is C18H27N3O. The van der Waals surface area contributed by atoms with Gasteiger partial charge in [0.15, 0.2) is 0 Å². The summed E-state index contributed by atoms with van der Waals surface area (Å²) >= 11 is 0. The van der Waals surface area contributed by atoms with Gasteiger partial charge in [-0.2, -0.15) is 5.10 Å². The molecule has 0 aliphatic heterocycles. The van der Waals surface area contributed by atoms with E-state index in [2.05, 4.69) is 50.4 Å². The van der Waals surface area contributed by atoms with Crippen molar-refractivity contribution in [3.05, 3.63) is 40.5 Å². The van der Waals surface area contributed by atoms with E-state index < -0.39 is 0 Å². The molecule has 4 nitrogen and oxygen atoms in total. The number of aromatic nitrogens is 3. The van der Waals surface area contributed by atoms with Gasteiger partial charge in [-0.05, 0) is 31.7 Å².